The van der Waals surface area contributed by atoms with Gasteiger partial charge < -0.3 is 5.11 Å². The largest absolute Gasteiger partial charge is 0.393 e. The van der Waals surface area contributed by atoms with Gasteiger partial charge in [0.05, 0.1) is 6.10 Å². The molecule has 0 saturated heterocycles. The average Bonchev–Trinajstić information content (AvgIpc) is 2.47. The number of aliphatic hydroxyl groups is 1. The van der Waals surface area contributed by atoms with Crippen LogP contribution in [0.4, 0.5) is 0 Å². The van der Waals surface area contributed by atoms with Gasteiger partial charge in [0.15, 0.2) is 0 Å². The monoisotopic (exact) mass is 288 g/mol. The Morgan fingerprint density at radius 3 is 2.81 bits per heavy atom. The van der Waals surface area contributed by atoms with Gasteiger partial charge in [-0.05, 0) is 74.0 Å². The summed E-state index contributed by atoms with van der Waals surface area (Å²) in [5.74, 6) is 1.67. The molecule has 0 heterocycles. The van der Waals surface area contributed by atoms with Gasteiger partial charge in [-0.1, -0.05) is 44.6 Å². The maximum Gasteiger partial charge on any atom is 0.0577 e. The maximum absolute atomic E-state index is 9.99. The first-order valence-electron chi connectivity index (χ1n) is 8.95. The second kappa shape index (κ2) is 5.26. The number of rotatable bonds is 2. The molecule has 3 rings (SSSR count). The van der Waals surface area contributed by atoms with Crippen LogP contribution in [0.25, 0.3) is 0 Å². The van der Waals surface area contributed by atoms with Gasteiger partial charge in [-0.2, -0.15) is 0 Å². The van der Waals surface area contributed by atoms with Crippen LogP contribution in [0.2, 0.25) is 0 Å². The van der Waals surface area contributed by atoms with Crippen LogP contribution < -0.4 is 0 Å². The highest BCUT2D eigenvalue weighted by Crippen LogP contribution is 2.60. The number of allylic oxidation sites excluding steroid dienone is 2. The average molecular weight is 288 g/mol. The Bertz CT molecular complexity index is 462. The van der Waals surface area contributed by atoms with Gasteiger partial charge in [0, 0.05) is 0 Å². The minimum atomic E-state index is -0.0883. The fourth-order valence-electron chi connectivity index (χ4n) is 5.62. The molecule has 0 spiro atoms. The van der Waals surface area contributed by atoms with E-state index < -0.39 is 0 Å². The summed E-state index contributed by atoms with van der Waals surface area (Å²) in [6.45, 7) is 11.5. The van der Waals surface area contributed by atoms with Gasteiger partial charge in [0.2, 0.25) is 0 Å². The summed E-state index contributed by atoms with van der Waals surface area (Å²) in [7, 11) is 0. The zero-order valence-corrected chi connectivity index (χ0v) is 14.1. The van der Waals surface area contributed by atoms with E-state index in [9.17, 15) is 5.11 Å². The van der Waals surface area contributed by atoms with E-state index >= 15 is 0 Å². The topological polar surface area (TPSA) is 20.2 Å². The molecule has 0 bridgehead atoms. The molecule has 0 radical (unpaired) electrons. The van der Waals surface area contributed by atoms with E-state index in [1.54, 1.807) is 5.57 Å². The van der Waals surface area contributed by atoms with Crippen molar-refractivity contribution in [3.8, 4) is 0 Å². The lowest BCUT2D eigenvalue weighted by atomic mass is 9.50. The molecule has 21 heavy (non-hydrogen) atoms. The first-order valence-corrected chi connectivity index (χ1v) is 8.95. The van der Waals surface area contributed by atoms with Gasteiger partial charge in [-0.15, -0.1) is 0 Å². The van der Waals surface area contributed by atoms with Crippen molar-refractivity contribution in [3.05, 3.63) is 23.8 Å². The minimum absolute atomic E-state index is 0.0883. The van der Waals surface area contributed by atoms with Crippen LogP contribution in [0.3, 0.4) is 0 Å². The van der Waals surface area contributed by atoms with Crippen molar-refractivity contribution in [2.24, 2.45) is 22.7 Å². The Labute approximate surface area is 130 Å². The van der Waals surface area contributed by atoms with Crippen LogP contribution in [0.15, 0.2) is 23.8 Å². The molecule has 0 aromatic rings. The summed E-state index contributed by atoms with van der Waals surface area (Å²) >= 11 is 0. The molecule has 0 amide bonds. The number of fused-ring (bicyclic) bond motifs is 3. The van der Waals surface area contributed by atoms with Crippen molar-refractivity contribution < 1.29 is 5.11 Å². The molecule has 3 aliphatic rings. The molecule has 2 fully saturated rings. The zero-order valence-electron chi connectivity index (χ0n) is 14.1. The van der Waals surface area contributed by atoms with E-state index in [0.29, 0.717) is 10.8 Å². The molecule has 0 aromatic carbocycles. The summed E-state index contributed by atoms with van der Waals surface area (Å²) < 4.78 is 0. The fourth-order valence-corrected chi connectivity index (χ4v) is 5.62. The van der Waals surface area contributed by atoms with Crippen molar-refractivity contribution in [3.63, 3.8) is 0 Å². The third kappa shape index (κ3) is 2.42. The molecule has 5 atom stereocenters. The lowest BCUT2D eigenvalue weighted by molar-refractivity contribution is 0.00592. The highest BCUT2D eigenvalue weighted by Gasteiger charge is 2.50. The summed E-state index contributed by atoms with van der Waals surface area (Å²) in [4.78, 5) is 0. The summed E-state index contributed by atoms with van der Waals surface area (Å²) in [6, 6.07) is 0. The van der Waals surface area contributed by atoms with Gasteiger partial charge in [0.25, 0.3) is 0 Å². The summed E-state index contributed by atoms with van der Waals surface area (Å²) in [5.41, 5.74) is 3.77. The molecule has 1 N–H and O–H groups in total. The Hall–Kier alpha value is -0.560. The van der Waals surface area contributed by atoms with E-state index in [1.807, 2.05) is 0 Å². The van der Waals surface area contributed by atoms with Crippen molar-refractivity contribution >= 4 is 0 Å². The first kappa shape index (κ1) is 15.3. The molecular formula is C20H32O. The third-order valence-electron chi connectivity index (χ3n) is 7.24. The quantitative estimate of drug-likeness (QED) is 0.687. The summed E-state index contributed by atoms with van der Waals surface area (Å²) in [6.07, 6.45) is 11.9. The van der Waals surface area contributed by atoms with Crippen LogP contribution >= 0.6 is 0 Å². The van der Waals surface area contributed by atoms with E-state index in [2.05, 4.69) is 33.4 Å². The minimum Gasteiger partial charge on any atom is -0.393 e. The molecule has 0 aliphatic heterocycles. The standard InChI is InChI=1S/C20H32O/c1-5-14(2)19(3)10-9-18-15(13-19)6-7-16-12-17(21)8-11-20(16,18)4/h7,15,17-18,21H,2,5-6,8-13H2,1,3-4H3. The Morgan fingerprint density at radius 2 is 2.10 bits per heavy atom. The number of aliphatic hydroxyl groups excluding tert-OH is 1. The molecule has 3 aliphatic carbocycles. The Kier molecular flexibility index (Phi) is 3.84. The van der Waals surface area contributed by atoms with Crippen molar-refractivity contribution in [1.29, 1.82) is 0 Å². The lowest BCUT2D eigenvalue weighted by Gasteiger charge is -2.55. The van der Waals surface area contributed by atoms with E-state index in [4.69, 9.17) is 0 Å². The molecule has 1 heteroatoms. The highest BCUT2D eigenvalue weighted by molar-refractivity contribution is 5.25. The normalized spacial score (nSPS) is 46.3. The summed E-state index contributed by atoms with van der Waals surface area (Å²) in [5, 5.41) is 9.99. The Morgan fingerprint density at radius 1 is 1.33 bits per heavy atom. The molecule has 2 saturated carbocycles. The predicted molar refractivity (Wildman–Crippen MR) is 89.0 cm³/mol. The smallest absolute Gasteiger partial charge is 0.0577 e. The predicted octanol–water partition coefficient (Wildman–Crippen LogP) is 5.26. The first-order chi connectivity index (χ1) is 9.89. The molecule has 118 valence electrons. The fraction of sp³-hybridized carbons (Fsp3) is 0.800. The van der Waals surface area contributed by atoms with Gasteiger partial charge in [-0.3, -0.25) is 0 Å². The lowest BCUT2D eigenvalue weighted by Crippen LogP contribution is -2.46. The molecular weight excluding hydrogens is 256 g/mol. The van der Waals surface area contributed by atoms with E-state index in [1.165, 1.54) is 37.7 Å². The maximum atomic E-state index is 9.99. The van der Waals surface area contributed by atoms with Crippen LogP contribution in [0, 0.1) is 22.7 Å². The van der Waals surface area contributed by atoms with Crippen molar-refractivity contribution in [2.75, 3.05) is 0 Å². The van der Waals surface area contributed by atoms with Crippen LogP contribution in [-0.4, -0.2) is 11.2 Å². The van der Waals surface area contributed by atoms with Gasteiger partial charge in [0.1, 0.15) is 0 Å². The highest BCUT2D eigenvalue weighted by atomic mass is 16.3. The second-order valence-corrected chi connectivity index (χ2v) is 8.41. The van der Waals surface area contributed by atoms with E-state index in [0.717, 1.165) is 31.1 Å². The van der Waals surface area contributed by atoms with Crippen LogP contribution in [0.1, 0.15) is 72.1 Å². The second-order valence-electron chi connectivity index (χ2n) is 8.41. The molecule has 5 unspecified atom stereocenters. The van der Waals surface area contributed by atoms with Crippen molar-refractivity contribution in [2.45, 2.75) is 78.2 Å². The number of hydrogen-bond acceptors (Lipinski definition) is 1. The molecule has 1 nitrogen and oxygen atoms in total. The van der Waals surface area contributed by atoms with Crippen LogP contribution in [0.5, 0.6) is 0 Å². The number of hydrogen-bond donors (Lipinski definition) is 1. The third-order valence-corrected chi connectivity index (χ3v) is 7.24. The molecule has 0 aromatic heterocycles. The van der Waals surface area contributed by atoms with Gasteiger partial charge in [-0.25, -0.2) is 0 Å². The van der Waals surface area contributed by atoms with Gasteiger partial charge >= 0.3 is 0 Å². The SMILES string of the molecule is C=C(CC)C1(C)CCC2C(CC=C3CC(O)CCC32C)C1. The van der Waals surface area contributed by atoms with Crippen molar-refractivity contribution in [1.82, 2.24) is 0 Å². The zero-order chi connectivity index (χ0) is 15.3. The van der Waals surface area contributed by atoms with Crippen LogP contribution in [-0.2, 0) is 0 Å². The van der Waals surface area contributed by atoms with E-state index in [-0.39, 0.29) is 6.10 Å². The Balaban J connectivity index is 1.83.